The van der Waals surface area contributed by atoms with Crippen LogP contribution in [0.25, 0.3) is 0 Å². The molecular formula is C24H40N4O2S2. The van der Waals surface area contributed by atoms with E-state index in [0.29, 0.717) is 11.7 Å². The maximum absolute atomic E-state index is 11.9. The first-order chi connectivity index (χ1) is 15.1. The van der Waals surface area contributed by atoms with Crippen LogP contribution in [0.3, 0.4) is 0 Å². The van der Waals surface area contributed by atoms with E-state index in [0.717, 1.165) is 37.9 Å². The number of rotatable bonds is 15. The molecule has 1 aromatic heterocycles. The maximum Gasteiger partial charge on any atom is 0.231 e. The molecule has 0 aliphatic carbocycles. The Kier molecular flexibility index (Phi) is 13.4. The Morgan fingerprint density at radius 1 is 1.09 bits per heavy atom. The average molecular weight is 481 g/mol. The predicted octanol–water partition coefficient (Wildman–Crippen LogP) is 5.93. The van der Waals surface area contributed by atoms with E-state index in [1.807, 2.05) is 0 Å². The highest BCUT2D eigenvalue weighted by atomic mass is 32.2. The molecule has 0 fully saturated rings. The van der Waals surface area contributed by atoms with Gasteiger partial charge in [0.1, 0.15) is 0 Å². The van der Waals surface area contributed by atoms with Gasteiger partial charge in [0.25, 0.3) is 0 Å². The molecule has 0 aliphatic rings. The lowest BCUT2D eigenvalue weighted by molar-refractivity contribution is 0.590. The molecule has 6 nitrogen and oxygen atoms in total. The molecule has 180 valence electrons. The van der Waals surface area contributed by atoms with E-state index in [1.165, 1.54) is 22.3 Å². The zero-order chi connectivity index (χ0) is 24.0. The van der Waals surface area contributed by atoms with Crippen LogP contribution in [0, 0.1) is 0 Å². The van der Waals surface area contributed by atoms with Gasteiger partial charge in [-0.3, -0.25) is 0 Å². The van der Waals surface area contributed by atoms with Crippen molar-refractivity contribution >= 4 is 27.7 Å². The molecule has 0 spiro atoms. The molecule has 0 aromatic carbocycles. The molecule has 0 saturated heterocycles. The van der Waals surface area contributed by atoms with Crippen molar-refractivity contribution in [3.05, 3.63) is 59.0 Å². The zero-order valence-electron chi connectivity index (χ0n) is 20.1. The quantitative estimate of drug-likeness (QED) is 0.213. The Morgan fingerprint density at radius 2 is 1.78 bits per heavy atom. The highest BCUT2D eigenvalue weighted by molar-refractivity contribution is 8.00. The van der Waals surface area contributed by atoms with Crippen LogP contribution in [0.5, 0.6) is 0 Å². The minimum absolute atomic E-state index is 0.343. The SMILES string of the molecule is CC(C)=CCC/C(C)=C/CC/C(=C/CSCC(Nc1ncc[nH]1)S(N)(=O)=O)CC=C(C)C. The van der Waals surface area contributed by atoms with Gasteiger partial charge in [-0.25, -0.2) is 18.5 Å². The number of imidazole rings is 1. The maximum atomic E-state index is 11.9. The Bertz CT molecular complexity index is 890. The summed E-state index contributed by atoms with van der Waals surface area (Å²) in [6, 6.07) is 0. The van der Waals surface area contributed by atoms with Crippen molar-refractivity contribution in [3.8, 4) is 0 Å². The average Bonchev–Trinajstić information content (AvgIpc) is 3.19. The van der Waals surface area contributed by atoms with Crippen molar-refractivity contribution in [3.63, 3.8) is 0 Å². The van der Waals surface area contributed by atoms with Gasteiger partial charge in [0, 0.05) is 23.9 Å². The first-order valence-electron chi connectivity index (χ1n) is 11.0. The van der Waals surface area contributed by atoms with Crippen molar-refractivity contribution in [2.75, 3.05) is 16.8 Å². The van der Waals surface area contributed by atoms with E-state index in [9.17, 15) is 8.42 Å². The van der Waals surface area contributed by atoms with E-state index in [1.54, 1.807) is 24.2 Å². The summed E-state index contributed by atoms with van der Waals surface area (Å²) in [7, 11) is -3.73. The smallest absolute Gasteiger partial charge is 0.231 e. The van der Waals surface area contributed by atoms with Crippen molar-refractivity contribution in [2.45, 2.75) is 72.1 Å². The number of aromatic amines is 1. The summed E-state index contributed by atoms with van der Waals surface area (Å²) in [6.07, 6.45) is 17.4. The molecule has 0 aliphatic heterocycles. The minimum atomic E-state index is -3.73. The number of nitrogens with two attached hydrogens (primary N) is 1. The summed E-state index contributed by atoms with van der Waals surface area (Å²) < 4.78 is 23.8. The number of nitrogens with zero attached hydrogens (tertiary/aromatic N) is 1. The summed E-state index contributed by atoms with van der Waals surface area (Å²) in [5.74, 6) is 1.48. The fraction of sp³-hybridized carbons (Fsp3) is 0.542. The van der Waals surface area contributed by atoms with Gasteiger partial charge in [-0.1, -0.05) is 46.6 Å². The fourth-order valence-corrected chi connectivity index (χ4v) is 4.99. The third-order valence-corrected chi connectivity index (χ3v) is 7.03. The molecule has 1 aromatic rings. The van der Waals surface area contributed by atoms with E-state index in [-0.39, 0.29) is 0 Å². The minimum Gasteiger partial charge on any atom is -0.337 e. The largest absolute Gasteiger partial charge is 0.337 e. The Hall–Kier alpha value is -1.77. The van der Waals surface area contributed by atoms with Gasteiger partial charge < -0.3 is 10.3 Å². The number of nitrogens with one attached hydrogen (secondary N) is 2. The van der Waals surface area contributed by atoms with Gasteiger partial charge in [0.05, 0.1) is 0 Å². The molecule has 0 radical (unpaired) electrons. The van der Waals surface area contributed by atoms with Crippen LogP contribution in [0.2, 0.25) is 0 Å². The summed E-state index contributed by atoms with van der Waals surface area (Å²) in [5.41, 5.74) is 5.47. The van der Waals surface area contributed by atoms with E-state index < -0.39 is 15.4 Å². The molecule has 1 heterocycles. The van der Waals surface area contributed by atoms with Gasteiger partial charge >= 0.3 is 0 Å². The monoisotopic (exact) mass is 480 g/mol. The third-order valence-electron chi connectivity index (χ3n) is 4.77. The number of sulfonamides is 1. The third kappa shape index (κ3) is 13.6. The molecule has 1 rings (SSSR count). The molecule has 0 saturated carbocycles. The number of thioether (sulfide) groups is 1. The molecule has 8 heteroatoms. The Morgan fingerprint density at radius 3 is 2.38 bits per heavy atom. The summed E-state index contributed by atoms with van der Waals surface area (Å²) in [4.78, 5) is 6.87. The first-order valence-corrected chi connectivity index (χ1v) is 13.8. The molecular weight excluding hydrogens is 440 g/mol. The molecule has 0 bridgehead atoms. The normalized spacial score (nSPS) is 13.6. The second-order valence-corrected chi connectivity index (χ2v) is 11.3. The van der Waals surface area contributed by atoms with Crippen LogP contribution in [-0.2, 0) is 10.0 Å². The van der Waals surface area contributed by atoms with Crippen molar-refractivity contribution < 1.29 is 8.42 Å². The van der Waals surface area contributed by atoms with Crippen LogP contribution in [0.15, 0.2) is 59.0 Å². The van der Waals surface area contributed by atoms with Crippen LogP contribution < -0.4 is 10.5 Å². The highest BCUT2D eigenvalue weighted by Crippen LogP contribution is 2.18. The number of hydrogen-bond acceptors (Lipinski definition) is 5. The number of aromatic nitrogens is 2. The van der Waals surface area contributed by atoms with Crippen LogP contribution in [0.1, 0.15) is 66.7 Å². The highest BCUT2D eigenvalue weighted by Gasteiger charge is 2.21. The summed E-state index contributed by atoms with van der Waals surface area (Å²) in [5, 5.41) is 7.35. The zero-order valence-corrected chi connectivity index (χ0v) is 21.8. The molecule has 4 N–H and O–H groups in total. The topological polar surface area (TPSA) is 101 Å². The molecule has 0 amide bonds. The Labute approximate surface area is 199 Å². The number of anilines is 1. The fourth-order valence-electron chi connectivity index (χ4n) is 2.88. The van der Waals surface area contributed by atoms with E-state index in [4.69, 9.17) is 5.14 Å². The van der Waals surface area contributed by atoms with Crippen LogP contribution >= 0.6 is 11.8 Å². The number of hydrogen-bond donors (Lipinski definition) is 3. The lowest BCUT2D eigenvalue weighted by Gasteiger charge is -2.15. The Balaban J connectivity index is 2.62. The van der Waals surface area contributed by atoms with Gasteiger partial charge in [-0.15, -0.1) is 0 Å². The molecule has 1 unspecified atom stereocenters. The number of H-pyrrole nitrogens is 1. The van der Waals surface area contributed by atoms with Gasteiger partial charge in [-0.2, -0.15) is 11.8 Å². The van der Waals surface area contributed by atoms with Gasteiger partial charge in [0.2, 0.25) is 16.0 Å². The van der Waals surface area contributed by atoms with Crippen LogP contribution in [-0.4, -0.2) is 35.3 Å². The van der Waals surface area contributed by atoms with Crippen molar-refractivity contribution in [1.82, 2.24) is 9.97 Å². The summed E-state index contributed by atoms with van der Waals surface area (Å²) in [6.45, 7) is 10.7. The van der Waals surface area contributed by atoms with Gasteiger partial charge in [0.15, 0.2) is 5.37 Å². The van der Waals surface area contributed by atoms with E-state index in [2.05, 4.69) is 74.2 Å². The summed E-state index contributed by atoms with van der Waals surface area (Å²) >= 11 is 1.54. The second kappa shape index (κ2) is 15.1. The molecule has 32 heavy (non-hydrogen) atoms. The standard InChI is InChI=1S/C24H40N4O2S2/c1-19(2)8-6-9-21(5)10-7-11-22(13-12-20(3)4)14-17-31-18-23(32(25,29)30)28-24-26-15-16-27-24/h8,10,12,14-16,23H,6-7,9,11,13,17-18H2,1-5H3,(H2,25,29,30)(H2,26,27,28)/b21-10+,22-14-. The lowest BCUT2D eigenvalue weighted by atomic mass is 10.0. The predicted molar refractivity (Wildman–Crippen MR) is 140 cm³/mol. The van der Waals surface area contributed by atoms with Crippen LogP contribution in [0.4, 0.5) is 5.95 Å². The first kappa shape index (κ1) is 28.3. The van der Waals surface area contributed by atoms with Crippen molar-refractivity contribution in [2.24, 2.45) is 5.14 Å². The van der Waals surface area contributed by atoms with Crippen molar-refractivity contribution in [1.29, 1.82) is 0 Å². The van der Waals surface area contributed by atoms with E-state index >= 15 is 0 Å². The number of allylic oxidation sites excluding steroid dienone is 7. The van der Waals surface area contributed by atoms with Gasteiger partial charge in [-0.05, 0) is 66.7 Å². The second-order valence-electron chi connectivity index (χ2n) is 8.45. The number of primary sulfonamides is 1. The molecule has 1 atom stereocenters. The lowest BCUT2D eigenvalue weighted by Crippen LogP contribution is -2.37.